The number of hydrogen-bond donors (Lipinski definition) is 0. The Labute approximate surface area is 139 Å². The minimum Gasteiger partial charge on any atom is -0.109 e. The van der Waals surface area contributed by atoms with Crippen molar-refractivity contribution < 1.29 is 0 Å². The van der Waals surface area contributed by atoms with E-state index in [0.717, 1.165) is 0 Å². The van der Waals surface area contributed by atoms with Crippen LogP contribution in [0.4, 0.5) is 0 Å². The van der Waals surface area contributed by atoms with Crippen LogP contribution < -0.4 is 0 Å². The molecule has 2 aliphatic carbocycles. The molecule has 0 saturated carbocycles. The molecule has 0 radical (unpaired) electrons. The molecule has 0 bridgehead atoms. The summed E-state index contributed by atoms with van der Waals surface area (Å²) in [6.45, 7) is 17.2. The molecule has 0 aromatic heterocycles. The number of halogens is 2. The zero-order chi connectivity index (χ0) is 16.4. The summed E-state index contributed by atoms with van der Waals surface area (Å²) in [6, 6.07) is 0. The Morgan fingerprint density at radius 2 is 1.00 bits per heavy atom. The lowest BCUT2D eigenvalue weighted by Gasteiger charge is -2.52. The monoisotopic (exact) mass is 324 g/mol. The zero-order valence-corrected chi connectivity index (χ0v) is 15.9. The molecule has 0 saturated heterocycles. The van der Waals surface area contributed by atoms with Crippen molar-refractivity contribution in [2.75, 3.05) is 0 Å². The third-order valence-electron chi connectivity index (χ3n) is 5.89. The van der Waals surface area contributed by atoms with Gasteiger partial charge in [0.2, 0.25) is 0 Å². The van der Waals surface area contributed by atoms with Crippen LogP contribution in [0.3, 0.4) is 0 Å². The minimum absolute atomic E-state index is 0.339. The highest BCUT2D eigenvalue weighted by atomic mass is 35.5. The van der Waals surface area contributed by atoms with E-state index in [1.807, 2.05) is 0 Å². The highest BCUT2D eigenvalue weighted by Crippen LogP contribution is 2.63. The SMILES string of the molecule is CC1=CC(C)=C(C)C1(Cl)C(C)(C)C1(Cl)C(C)=CC(C)=C1C. The molecule has 0 heterocycles. The van der Waals surface area contributed by atoms with Gasteiger partial charge in [0, 0.05) is 5.41 Å². The fourth-order valence-corrected chi connectivity index (χ4v) is 5.10. The van der Waals surface area contributed by atoms with Gasteiger partial charge >= 0.3 is 0 Å². The highest BCUT2D eigenvalue weighted by molar-refractivity contribution is 6.33. The van der Waals surface area contributed by atoms with Gasteiger partial charge in [0.25, 0.3) is 0 Å². The quantitative estimate of drug-likeness (QED) is 0.504. The van der Waals surface area contributed by atoms with Crippen molar-refractivity contribution in [3.8, 4) is 0 Å². The van der Waals surface area contributed by atoms with Crippen LogP contribution in [-0.4, -0.2) is 9.75 Å². The summed E-state index contributed by atoms with van der Waals surface area (Å²) >= 11 is 14.5. The molecule has 21 heavy (non-hydrogen) atoms. The smallest absolute Gasteiger partial charge is 0.0941 e. The predicted octanol–water partition coefficient (Wildman–Crippen LogP) is 6.56. The van der Waals surface area contributed by atoms with Gasteiger partial charge in [-0.1, -0.05) is 37.1 Å². The Bertz CT molecular complexity index is 574. The maximum Gasteiger partial charge on any atom is 0.0941 e. The maximum atomic E-state index is 7.25. The lowest BCUT2D eigenvalue weighted by molar-refractivity contribution is 0.257. The van der Waals surface area contributed by atoms with Crippen molar-refractivity contribution in [1.82, 2.24) is 0 Å². The van der Waals surface area contributed by atoms with Crippen LogP contribution in [0.2, 0.25) is 0 Å². The normalized spacial score (nSPS) is 33.8. The number of rotatable bonds is 2. The summed E-state index contributed by atoms with van der Waals surface area (Å²) in [5.41, 5.74) is 6.99. The van der Waals surface area contributed by atoms with E-state index in [-0.39, 0.29) is 5.41 Å². The molecule has 0 amide bonds. The summed E-state index contributed by atoms with van der Waals surface area (Å²) < 4.78 is 0. The van der Waals surface area contributed by atoms with E-state index < -0.39 is 9.75 Å². The first-order valence-corrected chi connectivity index (χ1v) is 8.29. The summed E-state index contributed by atoms with van der Waals surface area (Å²) in [5.74, 6) is 0. The van der Waals surface area contributed by atoms with E-state index in [2.05, 4.69) is 67.5 Å². The second-order valence-electron chi connectivity index (χ2n) is 7.21. The van der Waals surface area contributed by atoms with Crippen molar-refractivity contribution in [1.29, 1.82) is 0 Å². The molecule has 0 nitrogen and oxygen atoms in total. The number of alkyl halides is 2. The lowest BCUT2D eigenvalue weighted by Crippen LogP contribution is -2.54. The molecule has 0 fully saturated rings. The van der Waals surface area contributed by atoms with E-state index >= 15 is 0 Å². The molecule has 0 aromatic carbocycles. The van der Waals surface area contributed by atoms with Gasteiger partial charge in [-0.3, -0.25) is 0 Å². The summed E-state index contributed by atoms with van der Waals surface area (Å²) in [7, 11) is 0. The third kappa shape index (κ3) is 1.82. The minimum atomic E-state index is -0.542. The second-order valence-corrected chi connectivity index (χ2v) is 8.35. The fourth-order valence-electron chi connectivity index (χ4n) is 4.36. The molecule has 2 unspecified atom stereocenters. The van der Waals surface area contributed by atoms with Crippen LogP contribution in [0.5, 0.6) is 0 Å². The molecule has 116 valence electrons. The Morgan fingerprint density at radius 1 is 0.714 bits per heavy atom. The highest BCUT2D eigenvalue weighted by Gasteiger charge is 2.61. The Hall–Kier alpha value is -0.460. The molecule has 0 aromatic rings. The van der Waals surface area contributed by atoms with Crippen molar-refractivity contribution in [3.05, 3.63) is 45.6 Å². The first-order chi connectivity index (χ1) is 9.42. The van der Waals surface area contributed by atoms with E-state index in [9.17, 15) is 0 Å². The Morgan fingerprint density at radius 3 is 1.19 bits per heavy atom. The fraction of sp³-hybridized carbons (Fsp3) is 0.579. The van der Waals surface area contributed by atoms with Gasteiger partial charge in [-0.05, 0) is 63.8 Å². The molecule has 0 aliphatic heterocycles. The van der Waals surface area contributed by atoms with E-state index in [1.165, 1.54) is 33.4 Å². The maximum absolute atomic E-state index is 7.25. The zero-order valence-electron chi connectivity index (χ0n) is 14.4. The topological polar surface area (TPSA) is 0 Å². The summed E-state index contributed by atoms with van der Waals surface area (Å²) in [4.78, 5) is -1.08. The van der Waals surface area contributed by atoms with E-state index in [1.54, 1.807) is 0 Å². The Kier molecular flexibility index (Phi) is 3.84. The molecule has 2 atom stereocenters. The first kappa shape index (κ1) is 16.9. The predicted molar refractivity (Wildman–Crippen MR) is 95.2 cm³/mol. The summed E-state index contributed by atoms with van der Waals surface area (Å²) in [6.07, 6.45) is 4.40. The van der Waals surface area contributed by atoms with Gasteiger partial charge in [0.15, 0.2) is 0 Å². The first-order valence-electron chi connectivity index (χ1n) is 7.53. The largest absolute Gasteiger partial charge is 0.109 e. The van der Waals surface area contributed by atoms with Gasteiger partial charge in [0.05, 0.1) is 9.75 Å². The van der Waals surface area contributed by atoms with Gasteiger partial charge in [-0.25, -0.2) is 0 Å². The van der Waals surface area contributed by atoms with Crippen LogP contribution in [0.1, 0.15) is 55.4 Å². The second kappa shape index (κ2) is 4.77. The van der Waals surface area contributed by atoms with Gasteiger partial charge < -0.3 is 0 Å². The van der Waals surface area contributed by atoms with Gasteiger partial charge in [-0.15, -0.1) is 23.2 Å². The van der Waals surface area contributed by atoms with Crippen LogP contribution in [0.25, 0.3) is 0 Å². The van der Waals surface area contributed by atoms with Gasteiger partial charge in [0.1, 0.15) is 0 Å². The van der Waals surface area contributed by atoms with E-state index in [4.69, 9.17) is 23.2 Å². The van der Waals surface area contributed by atoms with Crippen molar-refractivity contribution in [3.63, 3.8) is 0 Å². The molecular formula is C19H26Cl2. The van der Waals surface area contributed by atoms with Gasteiger partial charge in [-0.2, -0.15) is 0 Å². The lowest BCUT2D eigenvalue weighted by atomic mass is 9.61. The molecular weight excluding hydrogens is 299 g/mol. The average molecular weight is 325 g/mol. The van der Waals surface area contributed by atoms with E-state index in [0.29, 0.717) is 0 Å². The molecule has 2 heteroatoms. The molecule has 0 spiro atoms. The molecule has 2 rings (SSSR count). The average Bonchev–Trinajstić information content (AvgIpc) is 2.72. The molecule has 2 aliphatic rings. The number of allylic oxidation sites excluding steroid dienone is 8. The Balaban J connectivity index is 2.70. The van der Waals surface area contributed by atoms with Crippen LogP contribution in [-0.2, 0) is 0 Å². The van der Waals surface area contributed by atoms with Crippen LogP contribution in [0.15, 0.2) is 45.6 Å². The standard InChI is InChI=1S/C19H26Cl2/c1-11-9-13(3)18(20,15(11)5)17(7,8)19(21)14(4)10-12(2)16(19)6/h9-10H,1-8H3. The van der Waals surface area contributed by atoms with Crippen LogP contribution >= 0.6 is 23.2 Å². The number of hydrogen-bond acceptors (Lipinski definition) is 0. The van der Waals surface area contributed by atoms with Crippen molar-refractivity contribution in [2.24, 2.45) is 5.41 Å². The van der Waals surface area contributed by atoms with Crippen molar-refractivity contribution >= 4 is 23.2 Å². The molecule has 0 N–H and O–H groups in total. The summed E-state index contributed by atoms with van der Waals surface area (Å²) in [5, 5.41) is 0. The third-order valence-corrected chi connectivity index (χ3v) is 8.00. The van der Waals surface area contributed by atoms with Crippen molar-refractivity contribution in [2.45, 2.75) is 65.1 Å². The van der Waals surface area contributed by atoms with Crippen LogP contribution in [0, 0.1) is 5.41 Å².